The van der Waals surface area contributed by atoms with Crippen LogP contribution in [0.1, 0.15) is 43.6 Å². The Morgan fingerprint density at radius 3 is 2.38 bits per heavy atom. The summed E-state index contributed by atoms with van der Waals surface area (Å²) in [4.78, 5) is 20.1. The van der Waals surface area contributed by atoms with Crippen LogP contribution in [-0.4, -0.2) is 41.8 Å². The van der Waals surface area contributed by atoms with Crippen LogP contribution < -0.4 is 5.56 Å². The quantitative estimate of drug-likeness (QED) is 0.263. The molecule has 0 amide bonds. The van der Waals surface area contributed by atoms with E-state index in [4.69, 9.17) is 4.74 Å². The maximum absolute atomic E-state index is 13.7. The Morgan fingerprint density at radius 1 is 1.03 bits per heavy atom. The molecule has 0 radical (unpaired) electrons. The average Bonchev–Trinajstić information content (AvgIpc) is 2.93. The van der Waals surface area contributed by atoms with Crippen molar-refractivity contribution in [2.45, 2.75) is 48.4 Å². The van der Waals surface area contributed by atoms with E-state index in [9.17, 15) is 22.7 Å². The van der Waals surface area contributed by atoms with Crippen LogP contribution >= 0.6 is 0 Å². The van der Waals surface area contributed by atoms with Crippen molar-refractivity contribution in [1.82, 2.24) is 14.5 Å². The van der Waals surface area contributed by atoms with E-state index >= 15 is 0 Å². The highest BCUT2D eigenvalue weighted by Crippen LogP contribution is 2.33. The number of ether oxygens (including phenoxy) is 1. The minimum absolute atomic E-state index is 0.110. The first-order chi connectivity index (χ1) is 18.8. The number of sulfone groups is 1. The van der Waals surface area contributed by atoms with Crippen molar-refractivity contribution < 1.29 is 22.7 Å². The number of hydrogen-bond donors (Lipinski definition) is 1. The lowest BCUT2D eigenvalue weighted by molar-refractivity contribution is 0.161. The van der Waals surface area contributed by atoms with E-state index in [-0.39, 0.29) is 17.3 Å². The first-order valence-electron chi connectivity index (χ1n) is 12.6. The molecule has 0 fully saturated rings. The predicted octanol–water partition coefficient (Wildman–Crippen LogP) is 4.95. The lowest BCUT2D eigenvalue weighted by atomic mass is 10.1. The number of hydrogen-bond acceptors (Lipinski definition) is 7. The zero-order valence-corrected chi connectivity index (χ0v) is 22.6. The highest BCUT2D eigenvalue weighted by atomic mass is 32.2. The molecule has 2 aromatic carbocycles. The minimum Gasteiger partial charge on any atom is -0.493 e. The third-order valence-electron chi connectivity index (χ3n) is 6.43. The monoisotopic (exact) mass is 551 g/mol. The summed E-state index contributed by atoms with van der Waals surface area (Å²) >= 11 is 0. The summed E-state index contributed by atoms with van der Waals surface area (Å²) in [5, 5.41) is 11.5. The Morgan fingerprint density at radius 2 is 1.74 bits per heavy atom. The zero-order valence-electron chi connectivity index (χ0n) is 21.7. The van der Waals surface area contributed by atoms with E-state index in [1.807, 2.05) is 37.3 Å². The lowest BCUT2D eigenvalue weighted by Gasteiger charge is -2.25. The van der Waals surface area contributed by atoms with Crippen molar-refractivity contribution in [2.75, 3.05) is 13.7 Å². The number of pyridine rings is 1. The van der Waals surface area contributed by atoms with Crippen molar-refractivity contribution in [3.63, 3.8) is 0 Å². The van der Waals surface area contributed by atoms with Gasteiger partial charge in [-0.2, -0.15) is 4.98 Å². The molecule has 0 aliphatic rings. The fourth-order valence-electron chi connectivity index (χ4n) is 4.49. The van der Waals surface area contributed by atoms with Gasteiger partial charge in [-0.1, -0.05) is 62.2 Å². The molecular weight excluding hydrogens is 521 g/mol. The highest BCUT2D eigenvalue weighted by Gasteiger charge is 2.32. The second-order valence-corrected chi connectivity index (χ2v) is 11.0. The highest BCUT2D eigenvalue weighted by molar-refractivity contribution is 7.91. The number of unbranched alkanes of at least 4 members (excludes halogenated alkanes) is 2. The van der Waals surface area contributed by atoms with E-state index in [0.717, 1.165) is 24.6 Å². The molecule has 1 N–H and O–H groups in total. The Kier molecular flexibility index (Phi) is 8.88. The van der Waals surface area contributed by atoms with Gasteiger partial charge in [0.05, 0.1) is 23.7 Å². The van der Waals surface area contributed by atoms with Gasteiger partial charge in [0.2, 0.25) is 15.7 Å². The molecule has 204 valence electrons. The van der Waals surface area contributed by atoms with Crippen LogP contribution in [0.15, 0.2) is 87.6 Å². The largest absolute Gasteiger partial charge is 0.493 e. The molecule has 1 atom stereocenters. The molecule has 0 bridgehead atoms. The second kappa shape index (κ2) is 12.3. The summed E-state index contributed by atoms with van der Waals surface area (Å²) in [6, 6.07) is 15.4. The smallest absolute Gasteiger partial charge is 0.296 e. The molecular formula is C29H30FN3O5S. The molecule has 4 rings (SSSR count). The van der Waals surface area contributed by atoms with Crippen LogP contribution in [0.5, 0.6) is 5.88 Å². The summed E-state index contributed by atoms with van der Waals surface area (Å²) in [7, 11) is -2.97. The molecule has 8 nitrogen and oxygen atoms in total. The van der Waals surface area contributed by atoms with Crippen LogP contribution in [0.25, 0.3) is 11.1 Å². The molecule has 0 aliphatic carbocycles. The van der Waals surface area contributed by atoms with E-state index in [1.54, 1.807) is 0 Å². The van der Waals surface area contributed by atoms with E-state index in [2.05, 4.69) is 9.97 Å². The fraction of sp³-hybridized carbons (Fsp3) is 0.276. The molecule has 0 aliphatic heterocycles. The van der Waals surface area contributed by atoms with Gasteiger partial charge in [0.1, 0.15) is 11.6 Å². The number of halogens is 1. The molecule has 0 saturated carbocycles. The fourth-order valence-corrected chi connectivity index (χ4v) is 5.83. The van der Waals surface area contributed by atoms with Crippen LogP contribution in [0.4, 0.5) is 4.39 Å². The average molecular weight is 552 g/mol. The first-order valence-corrected chi connectivity index (χ1v) is 14.1. The Hall–Kier alpha value is -3.89. The van der Waals surface area contributed by atoms with Crippen LogP contribution in [0.2, 0.25) is 0 Å². The van der Waals surface area contributed by atoms with Crippen LogP contribution in [-0.2, 0) is 21.0 Å². The SMILES string of the molecule is CCCCCc1nc(=O)c(S(=O)(=O)c2ccc(-c3cncc(F)c3)cc2)c(O)n1[C@@H](COC)c1ccccc1. The third-order valence-corrected chi connectivity index (χ3v) is 8.22. The number of rotatable bonds is 11. The molecule has 2 aromatic heterocycles. The molecule has 4 aromatic rings. The van der Waals surface area contributed by atoms with Crippen molar-refractivity contribution in [2.24, 2.45) is 0 Å². The topological polar surface area (TPSA) is 111 Å². The van der Waals surface area contributed by atoms with E-state index in [1.165, 1.54) is 48.2 Å². The number of aromatic nitrogens is 3. The normalized spacial score (nSPS) is 12.4. The van der Waals surface area contributed by atoms with Gasteiger partial charge in [0, 0.05) is 25.3 Å². The van der Waals surface area contributed by atoms with Gasteiger partial charge in [-0.3, -0.25) is 14.3 Å². The Labute approximate surface area is 226 Å². The van der Waals surface area contributed by atoms with Gasteiger partial charge < -0.3 is 9.84 Å². The Balaban J connectivity index is 1.85. The zero-order chi connectivity index (χ0) is 28.0. The maximum atomic E-state index is 13.7. The van der Waals surface area contributed by atoms with Crippen molar-refractivity contribution in [3.8, 4) is 17.0 Å². The van der Waals surface area contributed by atoms with E-state index < -0.39 is 38.0 Å². The third kappa shape index (κ3) is 6.07. The van der Waals surface area contributed by atoms with Gasteiger partial charge in [-0.05, 0) is 35.7 Å². The standard InChI is InChI=1S/C29H30FN3O5S/c1-3-4-6-11-26-32-28(34)27(29(35)33(26)25(19-38-2)21-9-7-5-8-10-21)39(36,37)24-14-12-20(13-15-24)22-16-23(30)18-31-17-22/h5,7-10,12-18,25,35H,3-4,6,11,19H2,1-2H3/t25-/m0/s1. The molecule has 0 saturated heterocycles. The summed E-state index contributed by atoms with van der Waals surface area (Å²) in [6.07, 6.45) is 5.42. The lowest BCUT2D eigenvalue weighted by Crippen LogP contribution is -2.29. The van der Waals surface area contributed by atoms with Gasteiger partial charge in [-0.25, -0.2) is 12.8 Å². The van der Waals surface area contributed by atoms with Gasteiger partial charge in [-0.15, -0.1) is 0 Å². The summed E-state index contributed by atoms with van der Waals surface area (Å²) in [5.74, 6) is -0.931. The van der Waals surface area contributed by atoms with Crippen molar-refractivity contribution in [1.29, 1.82) is 0 Å². The van der Waals surface area contributed by atoms with Crippen LogP contribution in [0, 0.1) is 5.82 Å². The van der Waals surface area contributed by atoms with Crippen molar-refractivity contribution in [3.05, 3.63) is 101 Å². The summed E-state index contributed by atoms with van der Waals surface area (Å²) < 4.78 is 47.8. The number of aryl methyl sites for hydroxylation is 1. The summed E-state index contributed by atoms with van der Waals surface area (Å²) in [5.41, 5.74) is 0.731. The maximum Gasteiger partial charge on any atom is 0.296 e. The number of benzene rings is 2. The Bertz CT molecular complexity index is 1590. The van der Waals surface area contributed by atoms with Crippen molar-refractivity contribution >= 4 is 9.84 Å². The van der Waals surface area contributed by atoms with Gasteiger partial charge in [0.15, 0.2) is 4.90 Å². The second-order valence-electron chi connectivity index (χ2n) is 9.11. The minimum atomic E-state index is -4.48. The summed E-state index contributed by atoms with van der Waals surface area (Å²) in [6.45, 7) is 2.15. The molecule has 10 heteroatoms. The number of methoxy groups -OCH3 is 1. The van der Waals surface area contributed by atoms with E-state index in [0.29, 0.717) is 24.0 Å². The van der Waals surface area contributed by atoms with Gasteiger partial charge >= 0.3 is 0 Å². The number of aromatic hydroxyl groups is 1. The molecule has 2 heterocycles. The molecule has 0 spiro atoms. The first kappa shape index (κ1) is 28.1. The van der Waals surface area contributed by atoms with Crippen LogP contribution in [0.3, 0.4) is 0 Å². The van der Waals surface area contributed by atoms with Gasteiger partial charge in [0.25, 0.3) is 5.56 Å². The molecule has 0 unspecified atom stereocenters. The molecule has 39 heavy (non-hydrogen) atoms. The number of nitrogens with zero attached hydrogens (tertiary/aromatic N) is 3. The predicted molar refractivity (Wildman–Crippen MR) is 145 cm³/mol.